The number of fused-ring (bicyclic) bond motifs is 1. The molecule has 2 aliphatic rings. The molecule has 1 N–H and O–H groups in total. The molecule has 130 valence electrons. The predicted molar refractivity (Wildman–Crippen MR) is 95.0 cm³/mol. The van der Waals surface area contributed by atoms with Gasteiger partial charge >= 0.3 is 0 Å². The molecule has 0 saturated carbocycles. The van der Waals surface area contributed by atoms with Gasteiger partial charge in [-0.3, -0.25) is 14.5 Å². The van der Waals surface area contributed by atoms with Crippen LogP contribution in [0.25, 0.3) is 0 Å². The highest BCUT2D eigenvalue weighted by Crippen LogP contribution is 2.32. The lowest BCUT2D eigenvalue weighted by molar-refractivity contribution is -0.126. The van der Waals surface area contributed by atoms with E-state index in [4.69, 9.17) is 0 Å². The fourth-order valence-electron chi connectivity index (χ4n) is 3.71. The van der Waals surface area contributed by atoms with E-state index in [1.807, 2.05) is 31.2 Å². The summed E-state index contributed by atoms with van der Waals surface area (Å²) < 4.78 is 0. The van der Waals surface area contributed by atoms with Gasteiger partial charge in [-0.1, -0.05) is 25.1 Å². The topological polar surface area (TPSA) is 52.7 Å². The Bertz CT molecular complexity index is 596. The SMILES string of the molecule is CCC(=O)N1c2ccccc2C[C@H]1C(=O)NCCCN1CCCC1. The summed E-state index contributed by atoms with van der Waals surface area (Å²) in [6.07, 6.45) is 4.57. The minimum absolute atomic E-state index is 0.0113. The van der Waals surface area contributed by atoms with E-state index >= 15 is 0 Å². The van der Waals surface area contributed by atoms with Crippen LogP contribution in [0.4, 0.5) is 5.69 Å². The van der Waals surface area contributed by atoms with Crippen molar-refractivity contribution in [3.8, 4) is 0 Å². The average molecular weight is 329 g/mol. The Kier molecular flexibility index (Phi) is 5.51. The Morgan fingerprint density at radius 1 is 1.21 bits per heavy atom. The first-order valence-electron chi connectivity index (χ1n) is 9.10. The number of carbonyl (C=O) groups is 2. The van der Waals surface area contributed by atoms with Crippen LogP contribution < -0.4 is 10.2 Å². The van der Waals surface area contributed by atoms with Crippen molar-refractivity contribution in [1.82, 2.24) is 10.2 Å². The van der Waals surface area contributed by atoms with Crippen LogP contribution in [0.5, 0.6) is 0 Å². The summed E-state index contributed by atoms with van der Waals surface area (Å²) >= 11 is 0. The van der Waals surface area contributed by atoms with Gasteiger partial charge in [-0.25, -0.2) is 0 Å². The van der Waals surface area contributed by atoms with Crippen LogP contribution >= 0.6 is 0 Å². The second kappa shape index (κ2) is 7.79. The quantitative estimate of drug-likeness (QED) is 0.812. The second-order valence-electron chi connectivity index (χ2n) is 6.66. The maximum Gasteiger partial charge on any atom is 0.243 e. The summed E-state index contributed by atoms with van der Waals surface area (Å²) in [5.74, 6) is -0.0217. The second-order valence-corrected chi connectivity index (χ2v) is 6.66. The minimum Gasteiger partial charge on any atom is -0.354 e. The lowest BCUT2D eigenvalue weighted by atomic mass is 10.1. The first-order chi connectivity index (χ1) is 11.7. The van der Waals surface area contributed by atoms with Crippen LogP contribution in [0.1, 0.15) is 38.2 Å². The molecule has 5 heteroatoms. The number of nitrogens with one attached hydrogen (secondary N) is 1. The number of rotatable bonds is 6. The Labute approximate surface area is 144 Å². The third kappa shape index (κ3) is 3.61. The van der Waals surface area contributed by atoms with Gasteiger partial charge in [0, 0.05) is 25.1 Å². The first-order valence-corrected chi connectivity index (χ1v) is 9.10. The van der Waals surface area contributed by atoms with Gasteiger partial charge in [0.2, 0.25) is 11.8 Å². The molecule has 2 amide bonds. The van der Waals surface area contributed by atoms with Crippen molar-refractivity contribution in [3.05, 3.63) is 29.8 Å². The minimum atomic E-state index is -0.401. The number of carbonyl (C=O) groups excluding carboxylic acids is 2. The maximum atomic E-state index is 12.6. The van der Waals surface area contributed by atoms with E-state index in [2.05, 4.69) is 10.2 Å². The van der Waals surface area contributed by atoms with Crippen LogP contribution in [-0.4, -0.2) is 48.9 Å². The Morgan fingerprint density at radius 3 is 2.71 bits per heavy atom. The van der Waals surface area contributed by atoms with Crippen molar-refractivity contribution < 1.29 is 9.59 Å². The lowest BCUT2D eigenvalue weighted by Crippen LogP contribution is -2.48. The van der Waals surface area contributed by atoms with Gasteiger partial charge in [0.05, 0.1) is 0 Å². The van der Waals surface area contributed by atoms with Crippen LogP contribution in [0.2, 0.25) is 0 Å². The molecule has 1 aromatic rings. The van der Waals surface area contributed by atoms with Crippen molar-refractivity contribution >= 4 is 17.5 Å². The summed E-state index contributed by atoms with van der Waals surface area (Å²) in [6, 6.07) is 7.42. The number of benzene rings is 1. The highest BCUT2D eigenvalue weighted by atomic mass is 16.2. The fraction of sp³-hybridized carbons (Fsp3) is 0.579. The zero-order valence-electron chi connectivity index (χ0n) is 14.5. The number of amides is 2. The molecule has 1 fully saturated rings. The zero-order valence-corrected chi connectivity index (χ0v) is 14.5. The predicted octanol–water partition coefficient (Wildman–Crippen LogP) is 1.96. The van der Waals surface area contributed by atoms with Crippen molar-refractivity contribution in [3.63, 3.8) is 0 Å². The van der Waals surface area contributed by atoms with Gasteiger partial charge in [0.15, 0.2) is 0 Å². The molecule has 3 rings (SSSR count). The monoisotopic (exact) mass is 329 g/mol. The van der Waals surface area contributed by atoms with E-state index in [9.17, 15) is 9.59 Å². The highest BCUT2D eigenvalue weighted by Gasteiger charge is 2.37. The van der Waals surface area contributed by atoms with Crippen LogP contribution in [0, 0.1) is 0 Å². The molecule has 0 radical (unpaired) electrons. The molecule has 0 aromatic heterocycles. The summed E-state index contributed by atoms with van der Waals surface area (Å²) in [7, 11) is 0. The van der Waals surface area contributed by atoms with E-state index in [0.717, 1.165) is 24.2 Å². The van der Waals surface area contributed by atoms with E-state index in [1.165, 1.54) is 25.9 Å². The molecular weight excluding hydrogens is 302 g/mol. The standard InChI is InChI=1S/C19H27N3O2/c1-2-18(23)22-16-9-4-3-8-15(16)14-17(22)19(24)20-10-7-13-21-11-5-6-12-21/h3-4,8-9,17H,2,5-7,10-14H2,1H3,(H,20,24)/t17-/m0/s1. The molecule has 0 spiro atoms. The first kappa shape index (κ1) is 17.0. The van der Waals surface area contributed by atoms with Crippen LogP contribution in [-0.2, 0) is 16.0 Å². The summed E-state index contributed by atoms with van der Waals surface area (Å²) in [5, 5.41) is 3.03. The lowest BCUT2D eigenvalue weighted by Gasteiger charge is -2.24. The maximum absolute atomic E-state index is 12.6. The van der Waals surface area contributed by atoms with Gasteiger partial charge in [-0.05, 0) is 50.5 Å². The zero-order chi connectivity index (χ0) is 16.9. The number of nitrogens with zero attached hydrogens (tertiary/aromatic N) is 2. The molecule has 24 heavy (non-hydrogen) atoms. The number of hydrogen-bond acceptors (Lipinski definition) is 3. The third-order valence-corrected chi connectivity index (χ3v) is 5.00. The molecule has 2 aliphatic heterocycles. The Balaban J connectivity index is 1.56. The average Bonchev–Trinajstić information content (AvgIpc) is 3.25. The molecule has 0 unspecified atom stereocenters. The van der Waals surface area contributed by atoms with E-state index in [1.54, 1.807) is 4.90 Å². The number of para-hydroxylation sites is 1. The Hall–Kier alpha value is -1.88. The van der Waals surface area contributed by atoms with Crippen molar-refractivity contribution in [2.45, 2.75) is 45.1 Å². The van der Waals surface area contributed by atoms with E-state index in [0.29, 0.717) is 19.4 Å². The molecule has 1 saturated heterocycles. The summed E-state index contributed by atoms with van der Waals surface area (Å²) in [4.78, 5) is 29.1. The van der Waals surface area contributed by atoms with Gasteiger partial charge in [0.25, 0.3) is 0 Å². The largest absolute Gasteiger partial charge is 0.354 e. The van der Waals surface area contributed by atoms with Crippen LogP contribution in [0.3, 0.4) is 0 Å². The molecule has 5 nitrogen and oxygen atoms in total. The normalized spacial score (nSPS) is 20.2. The summed E-state index contributed by atoms with van der Waals surface area (Å²) in [6.45, 7) is 5.93. The Morgan fingerprint density at radius 2 is 1.96 bits per heavy atom. The van der Waals surface area contributed by atoms with Gasteiger partial charge in [0.1, 0.15) is 6.04 Å². The third-order valence-electron chi connectivity index (χ3n) is 5.00. The van der Waals surface area contributed by atoms with Gasteiger partial charge < -0.3 is 10.2 Å². The molecule has 0 bridgehead atoms. The van der Waals surface area contributed by atoms with E-state index in [-0.39, 0.29) is 11.8 Å². The van der Waals surface area contributed by atoms with Crippen molar-refractivity contribution in [2.75, 3.05) is 31.1 Å². The van der Waals surface area contributed by atoms with Gasteiger partial charge in [-0.15, -0.1) is 0 Å². The molecule has 1 atom stereocenters. The van der Waals surface area contributed by atoms with E-state index < -0.39 is 6.04 Å². The molecular formula is C19H27N3O2. The molecule has 2 heterocycles. The smallest absolute Gasteiger partial charge is 0.243 e. The van der Waals surface area contributed by atoms with Gasteiger partial charge in [-0.2, -0.15) is 0 Å². The van der Waals surface area contributed by atoms with Crippen LogP contribution in [0.15, 0.2) is 24.3 Å². The number of hydrogen-bond donors (Lipinski definition) is 1. The number of likely N-dealkylation sites (tertiary alicyclic amines) is 1. The fourth-order valence-corrected chi connectivity index (χ4v) is 3.71. The molecule has 0 aliphatic carbocycles. The molecule has 1 aromatic carbocycles. The summed E-state index contributed by atoms with van der Waals surface area (Å²) in [5.41, 5.74) is 1.97. The highest BCUT2D eigenvalue weighted by molar-refractivity contribution is 6.03. The van der Waals surface area contributed by atoms with Crippen molar-refractivity contribution in [2.24, 2.45) is 0 Å². The van der Waals surface area contributed by atoms with Crippen molar-refractivity contribution in [1.29, 1.82) is 0 Å². The number of anilines is 1.